The molecule has 0 saturated carbocycles. The first kappa shape index (κ1) is 31.7. The maximum Gasteiger partial charge on any atom is 0 e. The minimum atomic E-state index is -1.72. The number of halogens is 1. The van der Waals surface area contributed by atoms with Crippen LogP contribution >= 0.6 is 0 Å². The summed E-state index contributed by atoms with van der Waals surface area (Å²) in [4.78, 5) is 12.9. The zero-order valence-corrected chi connectivity index (χ0v) is 29.2. The molecule has 2 aromatic carbocycles. The van der Waals surface area contributed by atoms with Crippen LogP contribution in [-0.4, -0.2) is 28.2 Å². The van der Waals surface area contributed by atoms with Crippen molar-refractivity contribution in [1.29, 1.82) is 0 Å². The third-order valence-corrected chi connectivity index (χ3v) is 10.9. The van der Waals surface area contributed by atoms with Gasteiger partial charge < -0.3 is 9.40 Å². The first-order valence-corrected chi connectivity index (χ1v) is 21.1. The first-order chi connectivity index (χ1) is 19.5. The minimum Gasteiger partial charge on any atom is 0 e. The molecule has 0 amide bonds. The molecule has 6 rings (SSSR count). The molecule has 0 fully saturated rings. The molecular formula is C35H34FGeIrN3O-2. The fourth-order valence-electron chi connectivity index (χ4n) is 4.67. The van der Waals surface area contributed by atoms with Gasteiger partial charge in [-0.1, -0.05) is 43.4 Å². The Morgan fingerprint density at radius 2 is 1.67 bits per heavy atom. The van der Waals surface area contributed by atoms with Gasteiger partial charge in [0.05, 0.1) is 5.58 Å². The predicted octanol–water partition coefficient (Wildman–Crippen LogP) is 8.66. The van der Waals surface area contributed by atoms with Crippen LogP contribution in [0.4, 0.5) is 4.39 Å². The number of rotatable bonds is 4. The average molecular weight is 797 g/mol. The van der Waals surface area contributed by atoms with Crippen molar-refractivity contribution in [2.75, 3.05) is 0 Å². The molecule has 0 saturated heterocycles. The van der Waals surface area contributed by atoms with Gasteiger partial charge >= 0.3 is 99.8 Å². The SMILES string of the molecule is CC(C)(C)Cc1ccnc(-c2[c-]ccc3c2oc2nc(F)ccc23)c1.[CH3][Ge]([CH3])([CH3])[c]1ccc(-c2[c-]cccc2)nc1.[Ir]. The summed E-state index contributed by atoms with van der Waals surface area (Å²) in [6.07, 6.45) is 4.80. The van der Waals surface area contributed by atoms with E-state index in [1.807, 2.05) is 54.9 Å². The minimum absolute atomic E-state index is 0. The van der Waals surface area contributed by atoms with E-state index in [1.54, 1.807) is 6.07 Å². The van der Waals surface area contributed by atoms with Gasteiger partial charge in [0.15, 0.2) is 0 Å². The van der Waals surface area contributed by atoms with Gasteiger partial charge in [-0.15, -0.1) is 18.2 Å². The molecule has 0 N–H and O–H groups in total. The molecular weight excluding hydrogens is 762 g/mol. The first-order valence-electron chi connectivity index (χ1n) is 13.8. The Bertz CT molecular complexity index is 1790. The molecule has 4 heterocycles. The second-order valence-corrected chi connectivity index (χ2v) is 23.1. The molecule has 0 spiro atoms. The van der Waals surface area contributed by atoms with E-state index in [-0.39, 0.29) is 25.5 Å². The van der Waals surface area contributed by atoms with E-state index >= 15 is 0 Å². The third-order valence-electron chi connectivity index (χ3n) is 6.69. The maximum absolute atomic E-state index is 13.4. The van der Waals surface area contributed by atoms with Gasteiger partial charge in [0.2, 0.25) is 11.7 Å². The number of hydrogen-bond donors (Lipinski definition) is 0. The van der Waals surface area contributed by atoms with Gasteiger partial charge in [-0.25, -0.2) is 0 Å². The molecule has 0 aliphatic carbocycles. The maximum atomic E-state index is 13.4. The summed E-state index contributed by atoms with van der Waals surface area (Å²) in [5.41, 5.74) is 5.97. The van der Waals surface area contributed by atoms with Crippen LogP contribution in [0.1, 0.15) is 26.3 Å². The molecule has 7 heteroatoms. The van der Waals surface area contributed by atoms with Crippen LogP contribution in [0.5, 0.6) is 0 Å². The van der Waals surface area contributed by atoms with Crippen LogP contribution in [0, 0.1) is 23.5 Å². The number of pyridine rings is 3. The summed E-state index contributed by atoms with van der Waals surface area (Å²) in [5, 5.41) is 1.68. The van der Waals surface area contributed by atoms with Crippen molar-refractivity contribution in [3.05, 3.63) is 109 Å². The van der Waals surface area contributed by atoms with Crippen molar-refractivity contribution in [2.24, 2.45) is 5.41 Å². The smallest absolute Gasteiger partial charge is 0 e. The largest absolute Gasteiger partial charge is 0 e. The Balaban J connectivity index is 0.000000207. The van der Waals surface area contributed by atoms with E-state index < -0.39 is 19.2 Å². The summed E-state index contributed by atoms with van der Waals surface area (Å²) in [7, 11) is 0. The molecule has 0 aliphatic heterocycles. The van der Waals surface area contributed by atoms with Gasteiger partial charge in [-0.2, -0.15) is 9.37 Å². The van der Waals surface area contributed by atoms with Gasteiger partial charge in [-0.05, 0) is 35.7 Å². The topological polar surface area (TPSA) is 51.8 Å². The van der Waals surface area contributed by atoms with E-state index in [9.17, 15) is 4.39 Å². The predicted molar refractivity (Wildman–Crippen MR) is 168 cm³/mol. The van der Waals surface area contributed by atoms with E-state index in [2.05, 4.69) is 83.3 Å². The van der Waals surface area contributed by atoms with Crippen molar-refractivity contribution in [2.45, 2.75) is 44.5 Å². The number of benzene rings is 2. The van der Waals surface area contributed by atoms with Crippen LogP contribution in [0.2, 0.25) is 17.3 Å². The second-order valence-electron chi connectivity index (χ2n) is 12.4. The Morgan fingerprint density at radius 1 is 0.857 bits per heavy atom. The van der Waals surface area contributed by atoms with Gasteiger partial charge in [0.25, 0.3) is 0 Å². The quantitative estimate of drug-likeness (QED) is 0.102. The van der Waals surface area contributed by atoms with Crippen molar-refractivity contribution in [3.8, 4) is 22.5 Å². The summed E-state index contributed by atoms with van der Waals surface area (Å²) in [5.74, 6) is 6.59. The molecule has 0 atom stereocenters. The number of hydrogen-bond acceptors (Lipinski definition) is 4. The molecule has 0 bridgehead atoms. The Hall–Kier alpha value is -3.19. The van der Waals surface area contributed by atoms with Crippen LogP contribution in [0.3, 0.4) is 0 Å². The fourth-order valence-corrected chi connectivity index (χ4v) is 6.84. The summed E-state index contributed by atoms with van der Waals surface area (Å²) in [6.45, 7) is 6.62. The summed E-state index contributed by atoms with van der Waals surface area (Å²) >= 11 is -1.72. The molecule has 0 aliphatic rings. The molecule has 1 radical (unpaired) electrons. The van der Waals surface area contributed by atoms with Crippen molar-refractivity contribution < 1.29 is 28.9 Å². The standard InChI is InChI=1S/C21H18FN2O.C14H16GeN.Ir/c1-21(2,3)12-13-9-10-23-17(11-13)16-6-4-5-14-15-7-8-18(22)24-20(15)25-19(14)16;1-15(2,3)13-9-10-14(16-11-13)12-7-5-4-6-8-12;/h4-5,7-11H,12H2,1-3H3;4-7,9-11H,1-3H3;/q2*-1;. The van der Waals surface area contributed by atoms with Gasteiger partial charge in [-0.3, -0.25) is 0 Å². The second kappa shape index (κ2) is 13.0. The Labute approximate surface area is 263 Å². The molecule has 4 aromatic heterocycles. The van der Waals surface area contributed by atoms with Crippen molar-refractivity contribution in [1.82, 2.24) is 15.0 Å². The number of furan rings is 1. The van der Waals surface area contributed by atoms with Crippen LogP contribution < -0.4 is 4.40 Å². The summed E-state index contributed by atoms with van der Waals surface area (Å²) < 4.78 is 20.7. The molecule has 4 nitrogen and oxygen atoms in total. The average Bonchev–Trinajstić information content (AvgIpc) is 3.30. The molecule has 0 unspecified atom stereocenters. The van der Waals surface area contributed by atoms with Crippen LogP contribution in [0.15, 0.2) is 89.6 Å². The van der Waals surface area contributed by atoms with Crippen LogP contribution in [-0.2, 0) is 26.5 Å². The number of fused-ring (bicyclic) bond motifs is 3. The Kier molecular flexibility index (Phi) is 9.82. The van der Waals surface area contributed by atoms with E-state index in [4.69, 9.17) is 4.42 Å². The van der Waals surface area contributed by atoms with Gasteiger partial charge in [0, 0.05) is 31.7 Å². The molecule has 217 valence electrons. The molecule has 6 aromatic rings. The zero-order chi connectivity index (χ0) is 29.2. The fraction of sp³-hybridized carbons (Fsp3) is 0.229. The van der Waals surface area contributed by atoms with Crippen molar-refractivity contribution >= 4 is 39.7 Å². The summed E-state index contributed by atoms with van der Waals surface area (Å²) in [6, 6.07) is 29.6. The molecule has 42 heavy (non-hydrogen) atoms. The van der Waals surface area contributed by atoms with Crippen LogP contribution in [0.25, 0.3) is 44.6 Å². The Morgan fingerprint density at radius 3 is 2.33 bits per heavy atom. The monoisotopic (exact) mass is 798 g/mol. The zero-order valence-electron chi connectivity index (χ0n) is 24.8. The van der Waals surface area contributed by atoms with E-state index in [1.165, 1.54) is 16.0 Å². The normalized spacial score (nSPS) is 11.6. The third kappa shape index (κ3) is 7.60. The van der Waals surface area contributed by atoms with E-state index in [0.29, 0.717) is 11.3 Å². The van der Waals surface area contributed by atoms with E-state index in [0.717, 1.165) is 39.7 Å². The van der Waals surface area contributed by atoms with Crippen molar-refractivity contribution in [3.63, 3.8) is 0 Å². The van der Waals surface area contributed by atoms with Gasteiger partial charge in [0.1, 0.15) is 0 Å². The number of aromatic nitrogens is 3. The number of nitrogens with zero attached hydrogens (tertiary/aromatic N) is 3.